The van der Waals surface area contributed by atoms with Crippen LogP contribution in [0.5, 0.6) is 0 Å². The van der Waals surface area contributed by atoms with Gasteiger partial charge in [0.1, 0.15) is 0 Å². The fraction of sp³-hybridized carbons (Fsp3) is 0.929. The molecule has 0 saturated heterocycles. The first kappa shape index (κ1) is 14.5. The zero-order valence-electron chi connectivity index (χ0n) is 11.4. The summed E-state index contributed by atoms with van der Waals surface area (Å²) in [5.74, 6) is 0.716. The van der Waals surface area contributed by atoms with E-state index in [0.29, 0.717) is 18.4 Å². The lowest BCUT2D eigenvalue weighted by atomic mass is 10.1. The average Bonchev–Trinajstić information content (AvgIpc) is 2.55. The van der Waals surface area contributed by atoms with Crippen LogP contribution in [0.2, 0.25) is 0 Å². The van der Waals surface area contributed by atoms with Crippen molar-refractivity contribution in [2.75, 3.05) is 13.1 Å². The Balaban J connectivity index is 2.03. The molecule has 0 heterocycles. The average molecular weight is 240 g/mol. The third kappa shape index (κ3) is 7.37. The molecule has 1 fully saturated rings. The third-order valence-corrected chi connectivity index (χ3v) is 3.35. The predicted molar refractivity (Wildman–Crippen MR) is 72.0 cm³/mol. The number of hydrogen-bond donors (Lipinski definition) is 2. The van der Waals surface area contributed by atoms with Crippen LogP contribution >= 0.6 is 0 Å². The van der Waals surface area contributed by atoms with Gasteiger partial charge in [-0.3, -0.25) is 4.79 Å². The quantitative estimate of drug-likeness (QED) is 0.700. The number of carbonyl (C=O) groups is 1. The summed E-state index contributed by atoms with van der Waals surface area (Å²) in [6, 6.07) is 0.649. The minimum atomic E-state index is 0.180. The molecule has 1 amide bonds. The minimum absolute atomic E-state index is 0.180. The lowest BCUT2D eigenvalue weighted by molar-refractivity contribution is -0.121. The predicted octanol–water partition coefficient (Wildman–Crippen LogP) is 2.46. The molecular formula is C14H28N2O. The van der Waals surface area contributed by atoms with Crippen molar-refractivity contribution in [3.05, 3.63) is 0 Å². The van der Waals surface area contributed by atoms with Gasteiger partial charge in [-0.15, -0.1) is 0 Å². The van der Waals surface area contributed by atoms with Crippen molar-refractivity contribution in [1.29, 1.82) is 0 Å². The summed E-state index contributed by atoms with van der Waals surface area (Å²) in [7, 11) is 0. The zero-order valence-corrected chi connectivity index (χ0v) is 11.4. The molecule has 0 bridgehead atoms. The van der Waals surface area contributed by atoms with Crippen LogP contribution in [0, 0.1) is 5.92 Å². The molecule has 0 aromatic carbocycles. The lowest BCUT2D eigenvalue weighted by Gasteiger charge is -2.16. The second-order valence-corrected chi connectivity index (χ2v) is 5.59. The van der Waals surface area contributed by atoms with Crippen LogP contribution in [-0.2, 0) is 4.79 Å². The van der Waals surface area contributed by atoms with Crippen molar-refractivity contribution in [1.82, 2.24) is 10.6 Å². The first-order chi connectivity index (χ1) is 8.18. The molecule has 2 N–H and O–H groups in total. The monoisotopic (exact) mass is 240 g/mol. The van der Waals surface area contributed by atoms with Gasteiger partial charge in [0.25, 0.3) is 0 Å². The maximum absolute atomic E-state index is 11.5. The van der Waals surface area contributed by atoms with Gasteiger partial charge < -0.3 is 10.6 Å². The SMILES string of the molecule is CC(C)CNC(=O)CCNC1CCCCCC1. The Morgan fingerprint density at radius 1 is 1.18 bits per heavy atom. The summed E-state index contributed by atoms with van der Waals surface area (Å²) < 4.78 is 0. The van der Waals surface area contributed by atoms with E-state index in [1.807, 2.05) is 0 Å². The molecule has 100 valence electrons. The molecule has 0 aromatic rings. The van der Waals surface area contributed by atoms with Gasteiger partial charge >= 0.3 is 0 Å². The van der Waals surface area contributed by atoms with Crippen molar-refractivity contribution in [3.63, 3.8) is 0 Å². The molecule has 17 heavy (non-hydrogen) atoms. The zero-order chi connectivity index (χ0) is 12.5. The smallest absolute Gasteiger partial charge is 0.221 e. The van der Waals surface area contributed by atoms with Gasteiger partial charge in [-0.2, -0.15) is 0 Å². The molecule has 0 atom stereocenters. The summed E-state index contributed by atoms with van der Waals surface area (Å²) in [5, 5.41) is 6.47. The van der Waals surface area contributed by atoms with Crippen molar-refractivity contribution < 1.29 is 4.79 Å². The summed E-state index contributed by atoms with van der Waals surface area (Å²) in [5.41, 5.74) is 0. The maximum atomic E-state index is 11.5. The Labute approximate surface area is 106 Å². The van der Waals surface area contributed by atoms with Crippen LogP contribution in [0.15, 0.2) is 0 Å². The van der Waals surface area contributed by atoms with Crippen molar-refractivity contribution in [2.24, 2.45) is 5.92 Å². The Morgan fingerprint density at radius 3 is 2.41 bits per heavy atom. The normalized spacial score (nSPS) is 18.1. The molecule has 0 aliphatic heterocycles. The summed E-state index contributed by atoms with van der Waals surface area (Å²) in [4.78, 5) is 11.5. The van der Waals surface area contributed by atoms with Crippen LogP contribution < -0.4 is 10.6 Å². The highest BCUT2D eigenvalue weighted by molar-refractivity contribution is 5.76. The van der Waals surface area contributed by atoms with E-state index in [1.165, 1.54) is 38.5 Å². The molecule has 3 nitrogen and oxygen atoms in total. The Kier molecular flexibility index (Phi) is 7.25. The van der Waals surface area contributed by atoms with Crippen LogP contribution in [0.3, 0.4) is 0 Å². The van der Waals surface area contributed by atoms with Gasteiger partial charge in [0.2, 0.25) is 5.91 Å². The van der Waals surface area contributed by atoms with Gasteiger partial charge in [-0.05, 0) is 18.8 Å². The highest BCUT2D eigenvalue weighted by Gasteiger charge is 2.11. The van der Waals surface area contributed by atoms with Crippen molar-refractivity contribution in [3.8, 4) is 0 Å². The van der Waals surface area contributed by atoms with E-state index >= 15 is 0 Å². The van der Waals surface area contributed by atoms with E-state index in [-0.39, 0.29) is 5.91 Å². The Hall–Kier alpha value is -0.570. The highest BCUT2D eigenvalue weighted by Crippen LogP contribution is 2.16. The molecule has 0 aromatic heterocycles. The van der Waals surface area contributed by atoms with E-state index in [2.05, 4.69) is 24.5 Å². The van der Waals surface area contributed by atoms with Gasteiger partial charge in [0.05, 0.1) is 0 Å². The van der Waals surface area contributed by atoms with Gasteiger partial charge in [-0.1, -0.05) is 39.5 Å². The topological polar surface area (TPSA) is 41.1 Å². The largest absolute Gasteiger partial charge is 0.356 e. The van der Waals surface area contributed by atoms with Gasteiger partial charge in [0, 0.05) is 25.6 Å². The van der Waals surface area contributed by atoms with Crippen LogP contribution in [0.25, 0.3) is 0 Å². The van der Waals surface area contributed by atoms with Crippen molar-refractivity contribution >= 4 is 5.91 Å². The molecule has 0 unspecified atom stereocenters. The van der Waals surface area contributed by atoms with Crippen LogP contribution in [0.4, 0.5) is 0 Å². The Morgan fingerprint density at radius 2 is 1.82 bits per heavy atom. The molecule has 1 saturated carbocycles. The Bertz CT molecular complexity index is 208. The standard InChI is InChI=1S/C14H28N2O/c1-12(2)11-16-14(17)9-10-15-13-7-5-3-4-6-8-13/h12-13,15H,3-11H2,1-2H3,(H,16,17). The van der Waals surface area contributed by atoms with Crippen LogP contribution in [0.1, 0.15) is 58.8 Å². The first-order valence-corrected chi connectivity index (χ1v) is 7.18. The van der Waals surface area contributed by atoms with E-state index < -0.39 is 0 Å². The second kappa shape index (κ2) is 8.51. The van der Waals surface area contributed by atoms with Gasteiger partial charge in [0.15, 0.2) is 0 Å². The van der Waals surface area contributed by atoms with E-state index in [4.69, 9.17) is 0 Å². The fourth-order valence-corrected chi connectivity index (χ4v) is 2.28. The number of nitrogens with one attached hydrogen (secondary N) is 2. The van der Waals surface area contributed by atoms with Gasteiger partial charge in [-0.25, -0.2) is 0 Å². The molecular weight excluding hydrogens is 212 g/mol. The third-order valence-electron chi connectivity index (χ3n) is 3.35. The van der Waals surface area contributed by atoms with E-state index in [9.17, 15) is 4.79 Å². The van der Waals surface area contributed by atoms with Crippen molar-refractivity contribution in [2.45, 2.75) is 64.8 Å². The molecule has 1 aliphatic rings. The summed E-state index contributed by atoms with van der Waals surface area (Å²) in [6.45, 7) is 5.85. The molecule has 3 heteroatoms. The summed E-state index contributed by atoms with van der Waals surface area (Å²) in [6.07, 6.45) is 8.64. The number of amides is 1. The number of hydrogen-bond acceptors (Lipinski definition) is 2. The molecule has 0 spiro atoms. The van der Waals surface area contributed by atoms with Crippen LogP contribution in [-0.4, -0.2) is 25.0 Å². The number of carbonyl (C=O) groups excluding carboxylic acids is 1. The molecule has 1 rings (SSSR count). The lowest BCUT2D eigenvalue weighted by Crippen LogP contribution is -2.34. The minimum Gasteiger partial charge on any atom is -0.356 e. The maximum Gasteiger partial charge on any atom is 0.221 e. The number of rotatable bonds is 6. The fourth-order valence-electron chi connectivity index (χ4n) is 2.28. The second-order valence-electron chi connectivity index (χ2n) is 5.59. The first-order valence-electron chi connectivity index (χ1n) is 7.18. The van der Waals surface area contributed by atoms with E-state index in [1.54, 1.807) is 0 Å². The molecule has 1 aliphatic carbocycles. The summed E-state index contributed by atoms with van der Waals surface area (Å²) >= 11 is 0. The molecule has 0 radical (unpaired) electrons. The highest BCUT2D eigenvalue weighted by atomic mass is 16.1. The van der Waals surface area contributed by atoms with E-state index in [0.717, 1.165) is 13.1 Å².